The van der Waals surface area contributed by atoms with Crippen LogP contribution in [0.2, 0.25) is 0 Å². The van der Waals surface area contributed by atoms with Gasteiger partial charge < -0.3 is 15.1 Å². The normalized spacial score (nSPS) is 33.6. The minimum Gasteiger partial charge on any atom is -0.345 e. The molecule has 0 radical (unpaired) electrons. The number of rotatable bonds is 3. The summed E-state index contributed by atoms with van der Waals surface area (Å²) in [5.74, 6) is 0.980. The summed E-state index contributed by atoms with van der Waals surface area (Å²) in [7, 11) is 4.13. The fraction of sp³-hybridized carbons (Fsp3) is 0.929. The summed E-state index contributed by atoms with van der Waals surface area (Å²) in [4.78, 5) is 16.9. The van der Waals surface area contributed by atoms with Crippen molar-refractivity contribution in [3.05, 3.63) is 0 Å². The van der Waals surface area contributed by atoms with Gasteiger partial charge in [0.15, 0.2) is 0 Å². The molecule has 2 saturated heterocycles. The highest BCUT2D eigenvalue weighted by molar-refractivity contribution is 5.82. The predicted octanol–water partition coefficient (Wildman–Crippen LogP) is 0.786. The number of nitrogens with one attached hydrogen (secondary N) is 1. The second-order valence-corrected chi connectivity index (χ2v) is 6.44. The lowest BCUT2D eigenvalue weighted by Gasteiger charge is -2.36. The first-order chi connectivity index (χ1) is 8.51. The van der Waals surface area contributed by atoms with Gasteiger partial charge >= 0.3 is 0 Å². The number of carbonyl (C=O) groups excluding carboxylic acids is 1. The van der Waals surface area contributed by atoms with E-state index in [1.54, 1.807) is 0 Å². The molecule has 18 heavy (non-hydrogen) atoms. The minimum atomic E-state index is -0.183. The van der Waals surface area contributed by atoms with E-state index in [1.165, 1.54) is 13.0 Å². The van der Waals surface area contributed by atoms with Crippen LogP contribution in [0.3, 0.4) is 0 Å². The maximum Gasteiger partial charge on any atom is 0.229 e. The van der Waals surface area contributed by atoms with Crippen LogP contribution < -0.4 is 5.32 Å². The second-order valence-electron chi connectivity index (χ2n) is 6.44. The van der Waals surface area contributed by atoms with Crippen LogP contribution in [0.5, 0.6) is 0 Å². The molecule has 2 aliphatic heterocycles. The fourth-order valence-electron chi connectivity index (χ4n) is 3.35. The molecule has 0 aromatic carbocycles. The van der Waals surface area contributed by atoms with E-state index in [4.69, 9.17) is 0 Å². The molecule has 1 amide bonds. The number of hydrogen-bond acceptors (Lipinski definition) is 3. The molecule has 2 rings (SSSR count). The zero-order valence-corrected chi connectivity index (χ0v) is 12.0. The number of carbonyl (C=O) groups is 1. The third kappa shape index (κ3) is 3.04. The highest BCUT2D eigenvalue weighted by atomic mass is 16.2. The van der Waals surface area contributed by atoms with Crippen molar-refractivity contribution < 1.29 is 4.79 Å². The van der Waals surface area contributed by atoms with E-state index in [1.807, 2.05) is 11.9 Å². The Labute approximate surface area is 111 Å². The van der Waals surface area contributed by atoms with Gasteiger partial charge in [0.25, 0.3) is 0 Å². The molecule has 0 aliphatic carbocycles. The van der Waals surface area contributed by atoms with Gasteiger partial charge in [-0.1, -0.05) is 0 Å². The first-order valence-electron chi connectivity index (χ1n) is 7.16. The average Bonchev–Trinajstić information content (AvgIpc) is 2.74. The van der Waals surface area contributed by atoms with E-state index in [0.717, 1.165) is 39.0 Å². The molecule has 2 aliphatic rings. The lowest BCUT2D eigenvalue weighted by Crippen LogP contribution is -2.50. The molecule has 104 valence electrons. The van der Waals surface area contributed by atoms with Crippen molar-refractivity contribution in [3.8, 4) is 0 Å². The first-order valence-corrected chi connectivity index (χ1v) is 7.16. The van der Waals surface area contributed by atoms with Crippen LogP contribution in [0, 0.1) is 11.3 Å². The summed E-state index contributed by atoms with van der Waals surface area (Å²) < 4.78 is 0. The lowest BCUT2D eigenvalue weighted by atomic mass is 9.81. The van der Waals surface area contributed by atoms with Crippen LogP contribution in [0.25, 0.3) is 0 Å². The van der Waals surface area contributed by atoms with Gasteiger partial charge in [-0.15, -0.1) is 0 Å². The summed E-state index contributed by atoms with van der Waals surface area (Å²) in [6, 6.07) is 0. The summed E-state index contributed by atoms with van der Waals surface area (Å²) >= 11 is 0. The predicted molar refractivity (Wildman–Crippen MR) is 73.5 cm³/mol. The minimum absolute atomic E-state index is 0.183. The van der Waals surface area contributed by atoms with Gasteiger partial charge in [-0.3, -0.25) is 4.79 Å². The summed E-state index contributed by atoms with van der Waals surface area (Å²) in [5.41, 5.74) is -0.183. The Morgan fingerprint density at radius 2 is 2.33 bits per heavy atom. The van der Waals surface area contributed by atoms with Gasteiger partial charge in [0, 0.05) is 26.7 Å². The van der Waals surface area contributed by atoms with Gasteiger partial charge in [-0.05, 0) is 52.2 Å². The van der Waals surface area contributed by atoms with Gasteiger partial charge in [0.1, 0.15) is 0 Å². The Morgan fingerprint density at radius 3 is 2.89 bits per heavy atom. The average molecular weight is 253 g/mol. The van der Waals surface area contributed by atoms with E-state index >= 15 is 0 Å². The third-order valence-corrected chi connectivity index (χ3v) is 4.48. The lowest BCUT2D eigenvalue weighted by molar-refractivity contribution is -0.141. The van der Waals surface area contributed by atoms with Crippen LogP contribution in [0.1, 0.15) is 26.2 Å². The highest BCUT2D eigenvalue weighted by Gasteiger charge is 2.37. The van der Waals surface area contributed by atoms with Crippen LogP contribution in [0.15, 0.2) is 0 Å². The van der Waals surface area contributed by atoms with Crippen molar-refractivity contribution in [2.75, 3.05) is 46.8 Å². The van der Waals surface area contributed by atoms with Crippen molar-refractivity contribution >= 4 is 5.91 Å². The molecular formula is C14H27N3O. The molecule has 2 heterocycles. The standard InChI is InChI=1S/C14H27N3O/c1-14(6-4-7-15-11-14)13(18)17(3)10-12-5-8-16(2)9-12/h12,15H,4-11H2,1-3H3. The Balaban J connectivity index is 1.87. The fourth-order valence-corrected chi connectivity index (χ4v) is 3.35. The first kappa shape index (κ1) is 13.8. The molecule has 2 atom stereocenters. The van der Waals surface area contributed by atoms with Gasteiger partial charge in [-0.2, -0.15) is 0 Å². The molecule has 0 spiro atoms. The number of nitrogens with zero attached hydrogens (tertiary/aromatic N) is 2. The summed E-state index contributed by atoms with van der Waals surface area (Å²) in [6.45, 7) is 7.22. The molecule has 1 N–H and O–H groups in total. The van der Waals surface area contributed by atoms with Crippen LogP contribution >= 0.6 is 0 Å². The topological polar surface area (TPSA) is 35.6 Å². The summed E-state index contributed by atoms with van der Waals surface area (Å²) in [6.07, 6.45) is 3.36. The maximum absolute atomic E-state index is 12.6. The van der Waals surface area contributed by atoms with Gasteiger partial charge in [0.2, 0.25) is 5.91 Å². The largest absolute Gasteiger partial charge is 0.345 e. The zero-order valence-electron chi connectivity index (χ0n) is 12.0. The summed E-state index contributed by atoms with van der Waals surface area (Å²) in [5, 5.41) is 3.36. The Morgan fingerprint density at radius 1 is 1.56 bits per heavy atom. The van der Waals surface area contributed by atoms with E-state index < -0.39 is 0 Å². The van der Waals surface area contributed by atoms with Crippen LogP contribution in [-0.4, -0.2) is 62.5 Å². The molecule has 0 aromatic rings. The molecule has 2 unspecified atom stereocenters. The van der Waals surface area contributed by atoms with Crippen molar-refractivity contribution in [3.63, 3.8) is 0 Å². The SMILES string of the molecule is CN1CCC(CN(C)C(=O)C2(C)CCCNC2)C1. The Kier molecular flexibility index (Phi) is 4.28. The Hall–Kier alpha value is -0.610. The van der Waals surface area contributed by atoms with Gasteiger partial charge in [-0.25, -0.2) is 0 Å². The van der Waals surface area contributed by atoms with E-state index in [2.05, 4.69) is 24.2 Å². The molecule has 4 nitrogen and oxygen atoms in total. The Bertz CT molecular complexity index is 299. The van der Waals surface area contributed by atoms with E-state index in [0.29, 0.717) is 11.8 Å². The smallest absolute Gasteiger partial charge is 0.229 e. The number of amides is 1. The second kappa shape index (κ2) is 5.57. The van der Waals surface area contributed by atoms with Crippen molar-refractivity contribution in [1.82, 2.24) is 15.1 Å². The zero-order chi connectivity index (χ0) is 13.2. The van der Waals surface area contributed by atoms with E-state index in [-0.39, 0.29) is 5.41 Å². The third-order valence-electron chi connectivity index (χ3n) is 4.48. The van der Waals surface area contributed by atoms with Crippen molar-refractivity contribution in [2.24, 2.45) is 11.3 Å². The van der Waals surface area contributed by atoms with E-state index in [9.17, 15) is 4.79 Å². The molecule has 0 saturated carbocycles. The van der Waals surface area contributed by atoms with Crippen molar-refractivity contribution in [1.29, 1.82) is 0 Å². The van der Waals surface area contributed by atoms with Crippen LogP contribution in [0.4, 0.5) is 0 Å². The van der Waals surface area contributed by atoms with Gasteiger partial charge in [0.05, 0.1) is 5.41 Å². The molecule has 0 aromatic heterocycles. The van der Waals surface area contributed by atoms with Crippen LogP contribution in [-0.2, 0) is 4.79 Å². The number of hydrogen-bond donors (Lipinski definition) is 1. The monoisotopic (exact) mass is 253 g/mol. The molecule has 0 bridgehead atoms. The molecular weight excluding hydrogens is 226 g/mol. The number of likely N-dealkylation sites (tertiary alicyclic amines) is 1. The molecule has 4 heteroatoms. The molecule has 2 fully saturated rings. The number of piperidine rings is 1. The maximum atomic E-state index is 12.6. The highest BCUT2D eigenvalue weighted by Crippen LogP contribution is 2.28. The van der Waals surface area contributed by atoms with Crippen molar-refractivity contribution in [2.45, 2.75) is 26.2 Å². The quantitative estimate of drug-likeness (QED) is 0.807.